The summed E-state index contributed by atoms with van der Waals surface area (Å²) in [4.78, 5) is 0. The predicted octanol–water partition coefficient (Wildman–Crippen LogP) is 6.61. The Morgan fingerprint density at radius 1 is 0.391 bits per heavy atom. The van der Waals surface area contributed by atoms with Crippen molar-refractivity contribution in [2.75, 3.05) is 0 Å². The lowest BCUT2D eigenvalue weighted by molar-refractivity contribution is 1.54. The molecule has 0 nitrogen and oxygen atoms in total. The van der Waals surface area contributed by atoms with E-state index in [1.807, 2.05) is 0 Å². The highest BCUT2D eigenvalue weighted by atomic mass is 14.1. The summed E-state index contributed by atoms with van der Waals surface area (Å²) in [7, 11) is 0. The first kappa shape index (κ1) is 12.7. The second kappa shape index (κ2) is 4.57. The van der Waals surface area contributed by atoms with Crippen molar-refractivity contribution in [2.24, 2.45) is 0 Å². The monoisotopic (exact) mass is 292 g/mol. The van der Waals surface area contributed by atoms with Crippen LogP contribution in [0.2, 0.25) is 0 Å². The number of hydrogen-bond donors (Lipinski definition) is 0. The lowest BCUT2D eigenvalue weighted by Crippen LogP contribution is -1.84. The molecule has 0 radical (unpaired) electrons. The van der Waals surface area contributed by atoms with Crippen molar-refractivity contribution in [1.82, 2.24) is 0 Å². The van der Waals surface area contributed by atoms with Crippen molar-refractivity contribution >= 4 is 43.1 Å². The van der Waals surface area contributed by atoms with Crippen molar-refractivity contribution < 1.29 is 0 Å². The zero-order valence-electron chi connectivity index (χ0n) is 13.0. The van der Waals surface area contributed by atoms with E-state index in [9.17, 15) is 0 Å². The molecule has 0 aromatic heterocycles. The lowest BCUT2D eigenvalue weighted by Gasteiger charge is -2.10. The van der Waals surface area contributed by atoms with E-state index < -0.39 is 0 Å². The fourth-order valence-corrected chi connectivity index (χ4v) is 3.83. The van der Waals surface area contributed by atoms with Crippen molar-refractivity contribution in [3.8, 4) is 0 Å². The molecule has 0 bridgehead atoms. The Kier molecular flexibility index (Phi) is 2.51. The minimum absolute atomic E-state index is 1.30. The molecule has 0 N–H and O–H groups in total. The Labute approximate surface area is 135 Å². The van der Waals surface area contributed by atoms with Gasteiger partial charge in [-0.15, -0.1) is 0 Å². The molecule has 0 saturated carbocycles. The van der Waals surface area contributed by atoms with E-state index in [0.29, 0.717) is 0 Å². The molecule has 0 spiro atoms. The van der Waals surface area contributed by atoms with Crippen LogP contribution in [0.3, 0.4) is 0 Å². The first-order valence-corrected chi connectivity index (χ1v) is 8.05. The maximum atomic E-state index is 2.28. The van der Waals surface area contributed by atoms with Crippen LogP contribution >= 0.6 is 0 Å². The Hall–Kier alpha value is -2.86. The molecule has 0 aliphatic rings. The zero-order valence-corrected chi connectivity index (χ0v) is 13.0. The van der Waals surface area contributed by atoms with Gasteiger partial charge in [0.1, 0.15) is 0 Å². The van der Waals surface area contributed by atoms with E-state index in [-0.39, 0.29) is 0 Å². The quantitative estimate of drug-likeness (QED) is 0.282. The first-order valence-electron chi connectivity index (χ1n) is 8.05. The van der Waals surface area contributed by atoms with E-state index in [4.69, 9.17) is 0 Å². The highest BCUT2D eigenvalue weighted by Gasteiger charge is 2.07. The summed E-state index contributed by atoms with van der Waals surface area (Å²) in [6.45, 7) is 2.18. The molecule has 0 amide bonds. The van der Waals surface area contributed by atoms with Crippen molar-refractivity contribution in [3.05, 3.63) is 84.4 Å². The maximum absolute atomic E-state index is 2.28. The molecule has 108 valence electrons. The van der Waals surface area contributed by atoms with Gasteiger partial charge >= 0.3 is 0 Å². The molecule has 0 fully saturated rings. The van der Waals surface area contributed by atoms with Gasteiger partial charge in [0.2, 0.25) is 0 Å². The van der Waals surface area contributed by atoms with E-state index in [0.717, 1.165) is 0 Å². The van der Waals surface area contributed by atoms with Crippen LogP contribution in [-0.2, 0) is 0 Å². The van der Waals surface area contributed by atoms with Crippen molar-refractivity contribution in [1.29, 1.82) is 0 Å². The SMILES string of the molecule is Cc1cccc2c1ccc1c2ccc2c3ccccc3ccc21. The molecule has 0 aliphatic heterocycles. The summed E-state index contributed by atoms with van der Waals surface area (Å²) in [5, 5.41) is 10.7. The highest BCUT2D eigenvalue weighted by Crippen LogP contribution is 2.35. The van der Waals surface area contributed by atoms with E-state index >= 15 is 0 Å². The molecule has 5 rings (SSSR count). The molecular formula is C23H16. The molecular weight excluding hydrogens is 276 g/mol. The summed E-state index contributed by atoms with van der Waals surface area (Å²) in [5.74, 6) is 0. The number of rotatable bonds is 0. The average Bonchev–Trinajstić information content (AvgIpc) is 2.61. The van der Waals surface area contributed by atoms with Gasteiger partial charge in [0, 0.05) is 0 Å². The topological polar surface area (TPSA) is 0 Å². The number of benzene rings is 5. The van der Waals surface area contributed by atoms with Gasteiger partial charge in [0.05, 0.1) is 0 Å². The minimum atomic E-state index is 1.30. The second-order valence-corrected chi connectivity index (χ2v) is 6.28. The van der Waals surface area contributed by atoms with Crippen LogP contribution in [0.25, 0.3) is 43.1 Å². The largest absolute Gasteiger partial charge is 0.0616 e. The predicted molar refractivity (Wildman–Crippen MR) is 101 cm³/mol. The Morgan fingerprint density at radius 2 is 0.913 bits per heavy atom. The lowest BCUT2D eigenvalue weighted by atomic mass is 9.93. The van der Waals surface area contributed by atoms with Crippen LogP contribution < -0.4 is 0 Å². The maximum Gasteiger partial charge on any atom is -0.00987 e. The number of fused-ring (bicyclic) bond motifs is 7. The summed E-state index contributed by atoms with van der Waals surface area (Å²) in [6, 6.07) is 28.8. The normalized spacial score (nSPS) is 11.7. The number of hydrogen-bond acceptors (Lipinski definition) is 0. The van der Waals surface area contributed by atoms with Crippen LogP contribution in [0.4, 0.5) is 0 Å². The molecule has 5 aromatic carbocycles. The second-order valence-electron chi connectivity index (χ2n) is 6.28. The minimum Gasteiger partial charge on any atom is -0.0616 e. The van der Waals surface area contributed by atoms with E-state index in [1.165, 1.54) is 48.7 Å². The Bertz CT molecular complexity index is 1210. The van der Waals surface area contributed by atoms with Gasteiger partial charge in [-0.3, -0.25) is 0 Å². The standard InChI is InChI=1S/C23H16/c1-15-5-4-8-19-17(15)11-12-23-21-10-9-16-6-2-3-7-18(16)20(21)13-14-22(19)23/h2-14H,1H3. The molecule has 0 saturated heterocycles. The third-order valence-electron chi connectivity index (χ3n) is 5.00. The third-order valence-corrected chi connectivity index (χ3v) is 5.00. The van der Waals surface area contributed by atoms with Gasteiger partial charge in [-0.1, -0.05) is 78.9 Å². The van der Waals surface area contributed by atoms with Crippen LogP contribution in [0.15, 0.2) is 78.9 Å². The highest BCUT2D eigenvalue weighted by molar-refractivity contribution is 6.22. The van der Waals surface area contributed by atoms with Crippen LogP contribution in [0.5, 0.6) is 0 Å². The summed E-state index contributed by atoms with van der Waals surface area (Å²) in [6.07, 6.45) is 0. The van der Waals surface area contributed by atoms with Gasteiger partial charge in [-0.05, 0) is 55.6 Å². The molecule has 0 unspecified atom stereocenters. The smallest absolute Gasteiger partial charge is 0.00987 e. The van der Waals surface area contributed by atoms with Gasteiger partial charge in [-0.25, -0.2) is 0 Å². The third kappa shape index (κ3) is 1.72. The molecule has 0 atom stereocenters. The van der Waals surface area contributed by atoms with E-state index in [2.05, 4.69) is 85.8 Å². The molecule has 0 heterocycles. The van der Waals surface area contributed by atoms with Crippen molar-refractivity contribution in [3.63, 3.8) is 0 Å². The molecule has 0 heteroatoms. The van der Waals surface area contributed by atoms with Gasteiger partial charge in [0.25, 0.3) is 0 Å². The Balaban J connectivity index is 2.03. The Morgan fingerprint density at radius 3 is 1.70 bits per heavy atom. The van der Waals surface area contributed by atoms with Crippen molar-refractivity contribution in [2.45, 2.75) is 6.92 Å². The summed E-state index contributed by atoms with van der Waals surface area (Å²) >= 11 is 0. The van der Waals surface area contributed by atoms with Gasteiger partial charge in [0.15, 0.2) is 0 Å². The molecule has 0 aliphatic carbocycles. The summed E-state index contributed by atoms with van der Waals surface area (Å²) < 4.78 is 0. The van der Waals surface area contributed by atoms with Crippen LogP contribution in [0.1, 0.15) is 5.56 Å². The van der Waals surface area contributed by atoms with E-state index in [1.54, 1.807) is 0 Å². The van der Waals surface area contributed by atoms with Crippen LogP contribution in [-0.4, -0.2) is 0 Å². The number of aryl methyl sites for hydroxylation is 1. The fraction of sp³-hybridized carbons (Fsp3) is 0.0435. The fourth-order valence-electron chi connectivity index (χ4n) is 3.83. The van der Waals surface area contributed by atoms with Crippen LogP contribution in [0, 0.1) is 6.92 Å². The molecule has 5 aromatic rings. The summed E-state index contributed by atoms with van der Waals surface area (Å²) in [5.41, 5.74) is 1.34. The molecule has 23 heavy (non-hydrogen) atoms. The van der Waals surface area contributed by atoms with Gasteiger partial charge in [-0.2, -0.15) is 0 Å². The average molecular weight is 292 g/mol. The van der Waals surface area contributed by atoms with Gasteiger partial charge < -0.3 is 0 Å². The zero-order chi connectivity index (χ0) is 15.4. The first-order chi connectivity index (χ1) is 11.3.